The van der Waals surface area contributed by atoms with E-state index in [0.717, 1.165) is 21.3 Å². The van der Waals surface area contributed by atoms with Crippen LogP contribution in [0.2, 0.25) is 0 Å². The number of anilines is 1. The zero-order valence-electron chi connectivity index (χ0n) is 21.9. The second kappa shape index (κ2) is 9.80. The Morgan fingerprint density at radius 3 is 2.42 bits per heavy atom. The minimum Gasteiger partial charge on any atom is -0.507 e. The topological polar surface area (TPSA) is 115 Å². The fourth-order valence-corrected chi connectivity index (χ4v) is 6.24. The number of nitrogens with zero attached hydrogens (tertiary/aromatic N) is 2. The summed E-state index contributed by atoms with van der Waals surface area (Å²) < 4.78 is 16.9. The molecule has 3 heterocycles. The normalized spacial score (nSPS) is 17.9. The number of aromatic nitrogens is 1. The Hall–Kier alpha value is -4.70. The lowest BCUT2D eigenvalue weighted by molar-refractivity contribution is -0.132. The molecular formula is C30H24N2O7S. The molecule has 9 nitrogen and oxygen atoms in total. The van der Waals surface area contributed by atoms with E-state index >= 15 is 0 Å². The van der Waals surface area contributed by atoms with Gasteiger partial charge in [0.15, 0.2) is 16.6 Å². The third kappa shape index (κ3) is 4.17. The summed E-state index contributed by atoms with van der Waals surface area (Å²) in [7, 11) is 1.29. The number of aliphatic hydroxyl groups excluding tert-OH is 1. The van der Waals surface area contributed by atoms with E-state index in [9.17, 15) is 19.5 Å². The maximum atomic E-state index is 13.6. The summed E-state index contributed by atoms with van der Waals surface area (Å²) >= 11 is 1.29. The van der Waals surface area contributed by atoms with Crippen molar-refractivity contribution in [2.75, 3.05) is 25.2 Å². The van der Waals surface area contributed by atoms with E-state index in [-0.39, 0.29) is 11.3 Å². The zero-order valence-corrected chi connectivity index (χ0v) is 22.7. The Morgan fingerprint density at radius 2 is 1.70 bits per heavy atom. The molecule has 2 aliphatic rings. The van der Waals surface area contributed by atoms with Crippen LogP contribution in [0.25, 0.3) is 16.0 Å². The molecule has 6 rings (SSSR count). The fraction of sp³-hybridized carbons (Fsp3) is 0.200. The lowest BCUT2D eigenvalue weighted by atomic mass is 9.94. The summed E-state index contributed by atoms with van der Waals surface area (Å²) in [5.41, 5.74) is 3.76. The van der Waals surface area contributed by atoms with E-state index in [1.165, 1.54) is 23.3 Å². The number of aryl methyl sites for hydroxylation is 2. The first-order chi connectivity index (χ1) is 19.3. The predicted octanol–water partition coefficient (Wildman–Crippen LogP) is 5.10. The van der Waals surface area contributed by atoms with Crippen LogP contribution in [0, 0.1) is 13.8 Å². The Labute approximate surface area is 233 Å². The molecule has 2 aliphatic heterocycles. The summed E-state index contributed by atoms with van der Waals surface area (Å²) in [6.45, 7) is 4.68. The van der Waals surface area contributed by atoms with E-state index in [0.29, 0.717) is 46.5 Å². The summed E-state index contributed by atoms with van der Waals surface area (Å²) in [5.74, 6) is -1.57. The van der Waals surface area contributed by atoms with Crippen LogP contribution < -0.4 is 14.4 Å². The highest BCUT2D eigenvalue weighted by Gasteiger charge is 2.48. The summed E-state index contributed by atoms with van der Waals surface area (Å²) in [6, 6.07) is 14.2. The van der Waals surface area contributed by atoms with Crippen LogP contribution in [0.5, 0.6) is 11.5 Å². The number of methoxy groups -OCH3 is 1. The molecule has 0 saturated carbocycles. The van der Waals surface area contributed by atoms with Gasteiger partial charge in [-0.1, -0.05) is 29.5 Å². The van der Waals surface area contributed by atoms with Crippen LogP contribution in [0.15, 0.2) is 60.2 Å². The number of carbonyl (C=O) groups is 3. The van der Waals surface area contributed by atoms with Gasteiger partial charge in [-0.15, -0.1) is 0 Å². The molecule has 3 aromatic carbocycles. The third-order valence-corrected chi connectivity index (χ3v) is 7.93. The highest BCUT2D eigenvalue weighted by molar-refractivity contribution is 7.22. The molecule has 40 heavy (non-hydrogen) atoms. The van der Waals surface area contributed by atoms with Crippen molar-refractivity contribution in [1.29, 1.82) is 0 Å². The van der Waals surface area contributed by atoms with Crippen molar-refractivity contribution in [3.63, 3.8) is 0 Å². The van der Waals surface area contributed by atoms with Crippen molar-refractivity contribution < 1.29 is 33.7 Å². The Balaban J connectivity index is 1.54. The molecule has 1 saturated heterocycles. The van der Waals surface area contributed by atoms with Crippen molar-refractivity contribution in [3.05, 3.63) is 88.0 Å². The highest BCUT2D eigenvalue weighted by atomic mass is 32.1. The first-order valence-electron chi connectivity index (χ1n) is 12.5. The lowest BCUT2D eigenvalue weighted by Crippen LogP contribution is -2.29. The zero-order chi connectivity index (χ0) is 28.1. The molecule has 1 unspecified atom stereocenters. The van der Waals surface area contributed by atoms with Gasteiger partial charge in [0, 0.05) is 5.56 Å². The van der Waals surface area contributed by atoms with Crippen molar-refractivity contribution in [3.8, 4) is 11.5 Å². The SMILES string of the molecule is COC(=O)c1ccc(C2C(=C(O)c3ccc4c(c3)OCCO4)C(=O)C(=O)N2c2nc3c(C)cc(C)cc3s2)cc1. The Bertz CT molecular complexity index is 1740. The number of hydrogen-bond acceptors (Lipinski definition) is 9. The van der Waals surface area contributed by atoms with Gasteiger partial charge in [-0.2, -0.15) is 0 Å². The molecule has 202 valence electrons. The van der Waals surface area contributed by atoms with Crippen molar-refractivity contribution in [2.45, 2.75) is 19.9 Å². The number of ketones is 1. The second-order valence-electron chi connectivity index (χ2n) is 9.57. The van der Waals surface area contributed by atoms with Crippen molar-refractivity contribution in [1.82, 2.24) is 4.98 Å². The number of carbonyl (C=O) groups excluding carboxylic acids is 3. The summed E-state index contributed by atoms with van der Waals surface area (Å²) in [4.78, 5) is 45.3. The van der Waals surface area contributed by atoms with E-state index in [1.807, 2.05) is 26.0 Å². The maximum Gasteiger partial charge on any atom is 0.337 e. The molecule has 1 N–H and O–H groups in total. The molecule has 1 aromatic heterocycles. The van der Waals surface area contributed by atoms with E-state index < -0.39 is 23.7 Å². The number of hydrogen-bond donors (Lipinski definition) is 1. The second-order valence-corrected chi connectivity index (χ2v) is 10.6. The van der Waals surface area contributed by atoms with Gasteiger partial charge in [-0.05, 0) is 66.9 Å². The van der Waals surface area contributed by atoms with E-state index in [2.05, 4.69) is 0 Å². The van der Waals surface area contributed by atoms with Crippen LogP contribution in [0.1, 0.15) is 38.7 Å². The number of aliphatic hydroxyl groups is 1. The van der Waals surface area contributed by atoms with E-state index in [4.69, 9.17) is 19.2 Å². The number of thiazole rings is 1. The van der Waals surface area contributed by atoms with E-state index in [1.54, 1.807) is 42.5 Å². The Kier molecular flexibility index (Phi) is 6.26. The van der Waals surface area contributed by atoms with Crippen LogP contribution in [0.3, 0.4) is 0 Å². The third-order valence-electron chi connectivity index (χ3n) is 6.93. The van der Waals surface area contributed by atoms with Crippen LogP contribution in [-0.2, 0) is 14.3 Å². The van der Waals surface area contributed by atoms with Crippen LogP contribution in [0.4, 0.5) is 5.13 Å². The molecule has 0 radical (unpaired) electrons. The smallest absolute Gasteiger partial charge is 0.337 e. The van der Waals surface area contributed by atoms with Crippen molar-refractivity contribution in [2.24, 2.45) is 0 Å². The molecule has 1 fully saturated rings. The first-order valence-corrected chi connectivity index (χ1v) is 13.4. The number of ether oxygens (including phenoxy) is 3. The summed E-state index contributed by atoms with van der Waals surface area (Å²) in [5, 5.41) is 11.8. The molecular weight excluding hydrogens is 532 g/mol. The average Bonchev–Trinajstić information content (AvgIpc) is 3.50. The van der Waals surface area contributed by atoms with Gasteiger partial charge in [0.1, 0.15) is 19.0 Å². The lowest BCUT2D eigenvalue weighted by Gasteiger charge is -2.23. The van der Waals surface area contributed by atoms with Gasteiger partial charge >= 0.3 is 11.9 Å². The van der Waals surface area contributed by atoms with Gasteiger partial charge in [0.25, 0.3) is 5.78 Å². The Morgan fingerprint density at radius 1 is 1.00 bits per heavy atom. The molecule has 4 aromatic rings. The number of esters is 1. The van der Waals surface area contributed by atoms with Gasteiger partial charge in [-0.25, -0.2) is 9.78 Å². The quantitative estimate of drug-likeness (QED) is 0.160. The number of benzene rings is 3. The van der Waals surface area contributed by atoms with Crippen LogP contribution >= 0.6 is 11.3 Å². The maximum absolute atomic E-state index is 13.6. The number of rotatable bonds is 4. The molecule has 1 amide bonds. The van der Waals surface area contributed by atoms with Gasteiger partial charge in [-0.3, -0.25) is 14.5 Å². The average molecular weight is 557 g/mol. The molecule has 10 heteroatoms. The standard InChI is InChI=1S/C30H24N2O7S/c1-15-12-16(2)24-22(13-15)40-30(31-24)32-25(17-4-6-18(7-5-17)29(36)37-3)23(27(34)28(32)35)26(33)19-8-9-20-21(14-19)39-11-10-38-20/h4-9,12-14,25,33H,10-11H2,1-3H3. The minimum absolute atomic E-state index is 0.0975. The highest BCUT2D eigenvalue weighted by Crippen LogP contribution is 2.45. The monoisotopic (exact) mass is 556 g/mol. The van der Waals surface area contributed by atoms with Gasteiger partial charge in [0.05, 0.1) is 34.5 Å². The summed E-state index contributed by atoms with van der Waals surface area (Å²) in [6.07, 6.45) is 0. The number of fused-ring (bicyclic) bond motifs is 2. The molecule has 0 bridgehead atoms. The molecule has 0 spiro atoms. The largest absolute Gasteiger partial charge is 0.507 e. The van der Waals surface area contributed by atoms with Gasteiger partial charge in [0.2, 0.25) is 0 Å². The number of Topliss-reactive ketones (excluding diaryl/α,β-unsaturated/α-hetero) is 1. The first kappa shape index (κ1) is 25.6. The van der Waals surface area contributed by atoms with Gasteiger partial charge < -0.3 is 19.3 Å². The fourth-order valence-electron chi connectivity index (χ4n) is 5.07. The predicted molar refractivity (Wildman–Crippen MR) is 149 cm³/mol. The minimum atomic E-state index is -0.998. The number of amides is 1. The van der Waals surface area contributed by atoms with Crippen molar-refractivity contribution >= 4 is 50.1 Å². The molecule has 0 aliphatic carbocycles. The van der Waals surface area contributed by atoms with Crippen LogP contribution in [-0.4, -0.2) is 48.1 Å². The molecule has 1 atom stereocenters.